The molecular formula is C18H17FN2O3. The van der Waals surface area contributed by atoms with Crippen LogP contribution in [0.1, 0.15) is 26.3 Å². The van der Waals surface area contributed by atoms with Gasteiger partial charge < -0.3 is 9.47 Å². The predicted octanol–water partition coefficient (Wildman–Crippen LogP) is 4.84. The van der Waals surface area contributed by atoms with Crippen molar-refractivity contribution in [3.8, 4) is 17.6 Å². The summed E-state index contributed by atoms with van der Waals surface area (Å²) in [7, 11) is 0. The number of nitriles is 1. The van der Waals surface area contributed by atoms with Crippen LogP contribution >= 0.6 is 0 Å². The molecule has 0 radical (unpaired) electrons. The summed E-state index contributed by atoms with van der Waals surface area (Å²) in [6, 6.07) is 12.5. The molecule has 6 heteroatoms. The normalized spacial score (nSPS) is 10.6. The number of hydrogen-bond acceptors (Lipinski definition) is 4. The average Bonchev–Trinajstić information content (AvgIpc) is 2.48. The van der Waals surface area contributed by atoms with Gasteiger partial charge in [-0.2, -0.15) is 5.26 Å². The molecule has 0 bridgehead atoms. The highest BCUT2D eigenvalue weighted by Gasteiger charge is 2.17. The van der Waals surface area contributed by atoms with Crippen molar-refractivity contribution in [1.29, 1.82) is 5.26 Å². The lowest BCUT2D eigenvalue weighted by atomic mass is 10.2. The highest BCUT2D eigenvalue weighted by molar-refractivity contribution is 5.84. The number of carbonyl (C=O) groups is 1. The molecule has 5 nitrogen and oxygen atoms in total. The molecule has 0 saturated heterocycles. The van der Waals surface area contributed by atoms with Crippen LogP contribution in [0.25, 0.3) is 0 Å². The maximum absolute atomic E-state index is 14.2. The third kappa shape index (κ3) is 4.71. The van der Waals surface area contributed by atoms with Crippen LogP contribution in [-0.2, 0) is 4.74 Å². The van der Waals surface area contributed by atoms with Crippen molar-refractivity contribution in [2.75, 3.05) is 5.32 Å². The van der Waals surface area contributed by atoms with Gasteiger partial charge in [0.2, 0.25) is 0 Å². The molecule has 0 aliphatic rings. The van der Waals surface area contributed by atoms with Crippen LogP contribution in [0.15, 0.2) is 42.5 Å². The van der Waals surface area contributed by atoms with Gasteiger partial charge in [0.25, 0.3) is 0 Å². The van der Waals surface area contributed by atoms with Gasteiger partial charge in [0, 0.05) is 11.8 Å². The van der Waals surface area contributed by atoms with Gasteiger partial charge in [0.05, 0.1) is 5.56 Å². The number of rotatable bonds is 3. The second-order valence-corrected chi connectivity index (χ2v) is 5.98. The van der Waals surface area contributed by atoms with Crippen molar-refractivity contribution in [3.05, 3.63) is 53.8 Å². The molecule has 2 aromatic carbocycles. The molecule has 0 aromatic heterocycles. The van der Waals surface area contributed by atoms with Gasteiger partial charge in [-0.1, -0.05) is 12.1 Å². The molecule has 1 N–H and O–H groups in total. The molecule has 1 amide bonds. The van der Waals surface area contributed by atoms with Crippen LogP contribution in [0.4, 0.5) is 14.9 Å². The highest BCUT2D eigenvalue weighted by Crippen LogP contribution is 2.28. The van der Waals surface area contributed by atoms with E-state index in [1.54, 1.807) is 45.0 Å². The zero-order valence-corrected chi connectivity index (χ0v) is 13.6. The topological polar surface area (TPSA) is 71.3 Å². The summed E-state index contributed by atoms with van der Waals surface area (Å²) in [6.07, 6.45) is -0.676. The number of nitrogens with zero attached hydrogens (tertiary/aromatic N) is 1. The Morgan fingerprint density at radius 1 is 1.17 bits per heavy atom. The molecule has 0 aliphatic heterocycles. The van der Waals surface area contributed by atoms with E-state index < -0.39 is 17.5 Å². The Bertz CT molecular complexity index is 792. The standard InChI is InChI=1S/C18H17FN2O3/c1-18(2,3)24-17(22)21-13-8-9-16(14(19)10-13)23-15-7-5-4-6-12(15)11-20/h4-10H,1-3H3,(H,21,22). The summed E-state index contributed by atoms with van der Waals surface area (Å²) in [4.78, 5) is 11.7. The average molecular weight is 328 g/mol. The molecule has 0 spiro atoms. The number of nitrogens with one attached hydrogen (secondary N) is 1. The van der Waals surface area contributed by atoms with Crippen molar-refractivity contribution in [1.82, 2.24) is 0 Å². The zero-order chi connectivity index (χ0) is 17.7. The minimum absolute atomic E-state index is 0.0487. The van der Waals surface area contributed by atoms with Crippen molar-refractivity contribution in [2.24, 2.45) is 0 Å². The molecular weight excluding hydrogens is 311 g/mol. The number of benzene rings is 2. The smallest absolute Gasteiger partial charge is 0.412 e. The van der Waals surface area contributed by atoms with Crippen LogP contribution in [0.5, 0.6) is 11.5 Å². The fraction of sp³-hybridized carbons (Fsp3) is 0.222. The summed E-state index contributed by atoms with van der Waals surface area (Å²) in [5.74, 6) is -0.463. The lowest BCUT2D eigenvalue weighted by molar-refractivity contribution is 0.0636. The van der Waals surface area contributed by atoms with E-state index in [0.29, 0.717) is 5.56 Å². The van der Waals surface area contributed by atoms with E-state index in [1.165, 1.54) is 12.1 Å². The molecule has 0 heterocycles. The lowest BCUT2D eigenvalue weighted by Gasteiger charge is -2.19. The minimum atomic E-state index is -0.676. The van der Waals surface area contributed by atoms with Gasteiger partial charge in [-0.15, -0.1) is 0 Å². The predicted molar refractivity (Wildman–Crippen MR) is 87.5 cm³/mol. The first-order valence-electron chi connectivity index (χ1n) is 7.25. The number of para-hydroxylation sites is 1. The van der Waals surface area contributed by atoms with E-state index in [9.17, 15) is 9.18 Å². The quantitative estimate of drug-likeness (QED) is 0.875. The maximum atomic E-state index is 14.2. The molecule has 0 atom stereocenters. The first kappa shape index (κ1) is 17.3. The molecule has 124 valence electrons. The SMILES string of the molecule is CC(C)(C)OC(=O)Nc1ccc(Oc2ccccc2C#N)c(F)c1. The van der Waals surface area contributed by atoms with E-state index in [2.05, 4.69) is 5.32 Å². The van der Waals surface area contributed by atoms with E-state index in [1.807, 2.05) is 6.07 Å². The fourth-order valence-corrected chi connectivity index (χ4v) is 1.85. The van der Waals surface area contributed by atoms with Crippen molar-refractivity contribution < 1.29 is 18.7 Å². The van der Waals surface area contributed by atoms with Crippen molar-refractivity contribution in [3.63, 3.8) is 0 Å². The Labute approximate surface area is 139 Å². The van der Waals surface area contributed by atoms with Gasteiger partial charge in [-0.25, -0.2) is 9.18 Å². The number of hydrogen-bond donors (Lipinski definition) is 1. The van der Waals surface area contributed by atoms with Crippen LogP contribution in [-0.4, -0.2) is 11.7 Å². The van der Waals surface area contributed by atoms with E-state index in [0.717, 1.165) is 6.07 Å². The van der Waals surface area contributed by atoms with Crippen LogP contribution in [0.2, 0.25) is 0 Å². The van der Waals surface area contributed by atoms with E-state index in [4.69, 9.17) is 14.7 Å². The van der Waals surface area contributed by atoms with Crippen LogP contribution in [0, 0.1) is 17.1 Å². The monoisotopic (exact) mass is 328 g/mol. The summed E-state index contributed by atoms with van der Waals surface area (Å²) in [5.41, 5.74) is -0.109. The summed E-state index contributed by atoms with van der Waals surface area (Å²) in [6.45, 7) is 5.20. The number of amides is 1. The van der Waals surface area contributed by atoms with Crippen molar-refractivity contribution >= 4 is 11.8 Å². The maximum Gasteiger partial charge on any atom is 0.412 e. The highest BCUT2D eigenvalue weighted by atomic mass is 19.1. The Balaban J connectivity index is 2.13. The first-order chi connectivity index (χ1) is 11.3. The Hall–Kier alpha value is -3.07. The first-order valence-corrected chi connectivity index (χ1v) is 7.25. The fourth-order valence-electron chi connectivity index (χ4n) is 1.85. The molecule has 2 aromatic rings. The van der Waals surface area contributed by atoms with Crippen LogP contribution in [0.3, 0.4) is 0 Å². The van der Waals surface area contributed by atoms with Crippen molar-refractivity contribution in [2.45, 2.75) is 26.4 Å². The third-order valence-electron chi connectivity index (χ3n) is 2.80. The van der Waals surface area contributed by atoms with E-state index in [-0.39, 0.29) is 17.2 Å². The van der Waals surface area contributed by atoms with Crippen LogP contribution < -0.4 is 10.1 Å². The number of halogens is 1. The van der Waals surface area contributed by atoms with Gasteiger partial charge in [-0.3, -0.25) is 5.32 Å². The van der Waals surface area contributed by atoms with Gasteiger partial charge in [-0.05, 0) is 45.0 Å². The summed E-state index contributed by atoms with van der Waals surface area (Å²) in [5, 5.41) is 11.5. The van der Waals surface area contributed by atoms with E-state index >= 15 is 0 Å². The third-order valence-corrected chi connectivity index (χ3v) is 2.80. The molecule has 0 aliphatic carbocycles. The molecule has 0 unspecified atom stereocenters. The Morgan fingerprint density at radius 2 is 1.88 bits per heavy atom. The summed E-state index contributed by atoms with van der Waals surface area (Å²) >= 11 is 0. The number of ether oxygens (including phenoxy) is 2. The molecule has 2 rings (SSSR count). The molecule has 24 heavy (non-hydrogen) atoms. The molecule has 0 saturated carbocycles. The largest absolute Gasteiger partial charge is 0.453 e. The minimum Gasteiger partial charge on any atom is -0.453 e. The van der Waals surface area contributed by atoms with Gasteiger partial charge in [0.1, 0.15) is 17.4 Å². The lowest BCUT2D eigenvalue weighted by Crippen LogP contribution is -2.27. The number of carbonyl (C=O) groups excluding carboxylic acids is 1. The zero-order valence-electron chi connectivity index (χ0n) is 13.6. The van der Waals surface area contributed by atoms with Gasteiger partial charge >= 0.3 is 6.09 Å². The number of anilines is 1. The summed E-state index contributed by atoms with van der Waals surface area (Å²) < 4.78 is 24.7. The van der Waals surface area contributed by atoms with Gasteiger partial charge in [0.15, 0.2) is 11.6 Å². The Kier molecular flexibility index (Phi) is 5.05. The second-order valence-electron chi connectivity index (χ2n) is 5.98. The molecule has 0 fully saturated rings. The second kappa shape index (κ2) is 7.01. The Morgan fingerprint density at radius 3 is 2.50 bits per heavy atom.